The molecular weight excluding hydrogens is 265 g/mol. The van der Waals surface area contributed by atoms with Crippen molar-refractivity contribution in [2.24, 2.45) is 0 Å². The molecule has 0 bridgehead atoms. The van der Waals surface area contributed by atoms with Gasteiger partial charge in [-0.25, -0.2) is 4.39 Å². The average molecular weight is 278 g/mol. The van der Waals surface area contributed by atoms with E-state index in [-0.39, 0.29) is 5.82 Å². The van der Waals surface area contributed by atoms with Crippen LogP contribution >= 0.6 is 15.9 Å². The third-order valence-corrected chi connectivity index (χ3v) is 2.59. The van der Waals surface area contributed by atoms with Crippen molar-refractivity contribution >= 4 is 15.9 Å². The third kappa shape index (κ3) is 2.41. The number of ether oxygens (including phenoxy) is 2. The number of hydrogen-bond donors (Lipinski definition) is 1. The van der Waals surface area contributed by atoms with Gasteiger partial charge in [-0.3, -0.25) is 0 Å². The highest BCUT2D eigenvalue weighted by molar-refractivity contribution is 9.10. The zero-order chi connectivity index (χ0) is 11.4. The van der Waals surface area contributed by atoms with Gasteiger partial charge in [-0.1, -0.05) is 0 Å². The zero-order valence-electron chi connectivity index (χ0n) is 8.86. The second kappa shape index (κ2) is 5.32. The molecule has 15 heavy (non-hydrogen) atoms. The second-order valence-electron chi connectivity index (χ2n) is 2.92. The van der Waals surface area contributed by atoms with Gasteiger partial charge in [0.15, 0.2) is 11.5 Å². The van der Waals surface area contributed by atoms with Gasteiger partial charge in [-0.05, 0) is 29.0 Å². The van der Waals surface area contributed by atoms with E-state index in [2.05, 4.69) is 21.2 Å². The average Bonchev–Trinajstić information content (AvgIpc) is 2.21. The topological polar surface area (TPSA) is 30.5 Å². The van der Waals surface area contributed by atoms with E-state index in [4.69, 9.17) is 9.47 Å². The van der Waals surface area contributed by atoms with Crippen LogP contribution in [0.25, 0.3) is 0 Å². The van der Waals surface area contributed by atoms with Gasteiger partial charge in [-0.15, -0.1) is 0 Å². The summed E-state index contributed by atoms with van der Waals surface area (Å²) in [6.07, 6.45) is 0. The monoisotopic (exact) mass is 277 g/mol. The van der Waals surface area contributed by atoms with E-state index in [9.17, 15) is 4.39 Å². The highest BCUT2D eigenvalue weighted by Crippen LogP contribution is 2.39. The molecule has 0 unspecified atom stereocenters. The van der Waals surface area contributed by atoms with Crippen molar-refractivity contribution < 1.29 is 13.9 Å². The van der Waals surface area contributed by atoms with Crippen LogP contribution in [0.1, 0.15) is 5.56 Å². The minimum absolute atomic E-state index is 0.325. The largest absolute Gasteiger partial charge is 0.492 e. The lowest BCUT2D eigenvalue weighted by atomic mass is 10.1. The number of hydrogen-bond acceptors (Lipinski definition) is 3. The summed E-state index contributed by atoms with van der Waals surface area (Å²) in [7, 11) is 4.75. The van der Waals surface area contributed by atoms with Crippen molar-refractivity contribution in [3.63, 3.8) is 0 Å². The van der Waals surface area contributed by atoms with E-state index in [1.54, 1.807) is 7.05 Å². The van der Waals surface area contributed by atoms with Crippen LogP contribution in [0, 0.1) is 5.82 Å². The molecule has 1 aromatic carbocycles. The summed E-state index contributed by atoms with van der Waals surface area (Å²) in [5.74, 6) is 0.594. The molecule has 0 aliphatic rings. The maximum absolute atomic E-state index is 13.6. The summed E-state index contributed by atoms with van der Waals surface area (Å²) in [5, 5.41) is 2.88. The predicted octanol–water partition coefficient (Wildman–Crippen LogP) is 2.32. The molecule has 0 spiro atoms. The molecule has 5 heteroatoms. The smallest absolute Gasteiger partial charge is 0.175 e. The molecule has 0 radical (unpaired) electrons. The van der Waals surface area contributed by atoms with Crippen molar-refractivity contribution in [2.45, 2.75) is 6.54 Å². The van der Waals surface area contributed by atoms with Gasteiger partial charge in [0, 0.05) is 12.1 Å². The summed E-state index contributed by atoms with van der Waals surface area (Å²) < 4.78 is 24.4. The fourth-order valence-electron chi connectivity index (χ4n) is 1.37. The van der Waals surface area contributed by atoms with Crippen LogP contribution in [-0.2, 0) is 6.54 Å². The standard InChI is InChI=1S/C10H13BrFNO2/c1-13-5-6-8(12)4-7(11)10(15-3)9(6)14-2/h4,13H,5H2,1-3H3. The van der Waals surface area contributed by atoms with Crippen LogP contribution in [0.5, 0.6) is 11.5 Å². The summed E-state index contributed by atoms with van der Waals surface area (Å²) >= 11 is 3.22. The molecule has 3 nitrogen and oxygen atoms in total. The van der Waals surface area contributed by atoms with Crippen LogP contribution in [0.3, 0.4) is 0 Å². The van der Waals surface area contributed by atoms with Gasteiger partial charge in [0.2, 0.25) is 0 Å². The first kappa shape index (κ1) is 12.3. The summed E-state index contributed by atoms with van der Waals surface area (Å²) in [6, 6.07) is 1.37. The number of benzene rings is 1. The fraction of sp³-hybridized carbons (Fsp3) is 0.400. The molecule has 84 valence electrons. The first-order valence-corrected chi connectivity index (χ1v) is 5.18. The Balaban J connectivity index is 3.35. The van der Waals surface area contributed by atoms with E-state index >= 15 is 0 Å². The Morgan fingerprint density at radius 1 is 1.33 bits per heavy atom. The van der Waals surface area contributed by atoms with Crippen molar-refractivity contribution in [1.29, 1.82) is 0 Å². The Labute approximate surface area is 96.7 Å². The predicted molar refractivity (Wildman–Crippen MR) is 60.0 cm³/mol. The van der Waals surface area contributed by atoms with Crippen molar-refractivity contribution in [3.05, 3.63) is 21.9 Å². The van der Waals surface area contributed by atoms with Crippen molar-refractivity contribution in [1.82, 2.24) is 5.32 Å². The zero-order valence-corrected chi connectivity index (χ0v) is 10.4. The van der Waals surface area contributed by atoms with E-state index in [1.165, 1.54) is 20.3 Å². The normalized spacial score (nSPS) is 10.2. The molecule has 1 N–H and O–H groups in total. The molecular formula is C10H13BrFNO2. The second-order valence-corrected chi connectivity index (χ2v) is 3.77. The Morgan fingerprint density at radius 3 is 2.40 bits per heavy atom. The minimum atomic E-state index is -0.325. The molecule has 0 amide bonds. The van der Waals surface area contributed by atoms with Crippen LogP contribution in [0.2, 0.25) is 0 Å². The molecule has 1 rings (SSSR count). The molecule has 0 aliphatic heterocycles. The molecule has 0 atom stereocenters. The fourth-order valence-corrected chi connectivity index (χ4v) is 1.91. The van der Waals surface area contributed by atoms with E-state index in [0.29, 0.717) is 28.1 Å². The van der Waals surface area contributed by atoms with Crippen molar-refractivity contribution in [3.8, 4) is 11.5 Å². The highest BCUT2D eigenvalue weighted by Gasteiger charge is 2.17. The SMILES string of the molecule is CNCc1c(F)cc(Br)c(OC)c1OC. The first-order valence-electron chi connectivity index (χ1n) is 4.39. The van der Waals surface area contributed by atoms with Gasteiger partial charge in [0.1, 0.15) is 5.82 Å². The first-order chi connectivity index (χ1) is 7.15. The highest BCUT2D eigenvalue weighted by atomic mass is 79.9. The molecule has 0 aromatic heterocycles. The maximum Gasteiger partial charge on any atom is 0.175 e. The van der Waals surface area contributed by atoms with Crippen molar-refractivity contribution in [2.75, 3.05) is 21.3 Å². The van der Waals surface area contributed by atoms with Gasteiger partial charge in [-0.2, -0.15) is 0 Å². The maximum atomic E-state index is 13.6. The molecule has 0 aliphatic carbocycles. The Morgan fingerprint density at radius 2 is 1.93 bits per heavy atom. The molecule has 0 saturated carbocycles. The Hall–Kier alpha value is -0.810. The molecule has 0 fully saturated rings. The lowest BCUT2D eigenvalue weighted by Gasteiger charge is -2.14. The summed E-state index contributed by atoms with van der Waals surface area (Å²) in [6.45, 7) is 0.388. The quantitative estimate of drug-likeness (QED) is 0.916. The Kier molecular flexibility index (Phi) is 4.35. The molecule has 1 aromatic rings. The van der Waals surface area contributed by atoms with Crippen LogP contribution in [0.4, 0.5) is 4.39 Å². The number of rotatable bonds is 4. The Bertz CT molecular complexity index is 358. The lowest BCUT2D eigenvalue weighted by Crippen LogP contribution is -2.09. The van der Waals surface area contributed by atoms with Gasteiger partial charge < -0.3 is 14.8 Å². The van der Waals surface area contributed by atoms with Gasteiger partial charge >= 0.3 is 0 Å². The van der Waals surface area contributed by atoms with E-state index in [0.717, 1.165) is 0 Å². The summed E-state index contributed by atoms with van der Waals surface area (Å²) in [5.41, 5.74) is 0.458. The number of nitrogens with one attached hydrogen (secondary N) is 1. The summed E-state index contributed by atoms with van der Waals surface area (Å²) in [4.78, 5) is 0. The minimum Gasteiger partial charge on any atom is -0.492 e. The number of halogens is 2. The van der Waals surface area contributed by atoms with Gasteiger partial charge in [0.05, 0.1) is 18.7 Å². The van der Waals surface area contributed by atoms with Crippen LogP contribution in [-0.4, -0.2) is 21.3 Å². The number of methoxy groups -OCH3 is 2. The van der Waals surface area contributed by atoms with E-state index in [1.807, 2.05) is 0 Å². The molecule has 0 saturated heterocycles. The third-order valence-electron chi connectivity index (χ3n) is 2.00. The van der Waals surface area contributed by atoms with Crippen LogP contribution < -0.4 is 14.8 Å². The lowest BCUT2D eigenvalue weighted by molar-refractivity contribution is 0.345. The molecule has 0 heterocycles. The van der Waals surface area contributed by atoms with Gasteiger partial charge in [0.25, 0.3) is 0 Å². The van der Waals surface area contributed by atoms with Crippen LogP contribution in [0.15, 0.2) is 10.5 Å². The van der Waals surface area contributed by atoms with E-state index < -0.39 is 0 Å².